The molecule has 1 aromatic carbocycles. The van der Waals surface area contributed by atoms with E-state index in [9.17, 15) is 13.2 Å². The second-order valence-corrected chi connectivity index (χ2v) is 10.1. The first kappa shape index (κ1) is 22.7. The monoisotopic (exact) mass is 438 g/mol. The lowest BCUT2D eigenvalue weighted by molar-refractivity contribution is -0.124. The third-order valence-corrected chi connectivity index (χ3v) is 7.15. The first-order chi connectivity index (χ1) is 14.3. The number of primary sulfonamides is 1. The van der Waals surface area contributed by atoms with E-state index >= 15 is 0 Å². The Morgan fingerprint density at radius 2 is 1.77 bits per heavy atom. The third-order valence-electron chi connectivity index (χ3n) is 6.29. The van der Waals surface area contributed by atoms with Crippen LogP contribution in [0.25, 0.3) is 0 Å². The number of carbonyl (C=O) groups is 2. The first-order valence-electron chi connectivity index (χ1n) is 10.2. The van der Waals surface area contributed by atoms with Crippen LogP contribution in [-0.4, -0.2) is 86.8 Å². The van der Waals surface area contributed by atoms with E-state index in [0.29, 0.717) is 5.92 Å². The zero-order valence-electron chi connectivity index (χ0n) is 16.9. The summed E-state index contributed by atoms with van der Waals surface area (Å²) in [4.78, 5) is 26.0. The quantitative estimate of drug-likeness (QED) is 0.507. The number of hydrogen-bond donors (Lipinski definition) is 3. The molecule has 0 aromatic heterocycles. The molecule has 0 aliphatic carbocycles. The highest BCUT2D eigenvalue weighted by molar-refractivity contribution is 7.89. The Balaban J connectivity index is 0.000000806. The number of hydrogen-bond acceptors (Lipinski definition) is 6. The summed E-state index contributed by atoms with van der Waals surface area (Å²) in [6, 6.07) is 10.6. The fraction of sp³-hybridized carbons (Fsp3) is 0.600. The van der Waals surface area contributed by atoms with E-state index in [2.05, 4.69) is 39.4 Å². The highest BCUT2D eigenvalue weighted by Gasteiger charge is 2.55. The summed E-state index contributed by atoms with van der Waals surface area (Å²) >= 11 is 0. The van der Waals surface area contributed by atoms with E-state index in [1.807, 2.05) is 6.07 Å². The molecule has 166 valence electrons. The van der Waals surface area contributed by atoms with Crippen molar-refractivity contribution in [2.24, 2.45) is 11.1 Å². The molecule has 4 heterocycles. The average molecular weight is 439 g/mol. The molecule has 0 spiro atoms. The van der Waals surface area contributed by atoms with Crippen LogP contribution in [0.1, 0.15) is 18.4 Å². The van der Waals surface area contributed by atoms with E-state index in [1.54, 1.807) is 0 Å². The summed E-state index contributed by atoms with van der Waals surface area (Å²) in [5.41, 5.74) is 1.16. The number of fused-ring (bicyclic) bond motifs is 1. The topological polar surface area (TPSA) is 133 Å². The number of benzene rings is 1. The van der Waals surface area contributed by atoms with Crippen LogP contribution in [0.15, 0.2) is 30.3 Å². The second-order valence-electron chi connectivity index (χ2n) is 8.37. The Kier molecular flexibility index (Phi) is 7.12. The Morgan fingerprint density at radius 1 is 1.20 bits per heavy atom. The van der Waals surface area contributed by atoms with Crippen LogP contribution in [0.3, 0.4) is 0 Å². The van der Waals surface area contributed by atoms with Gasteiger partial charge in [-0.3, -0.25) is 9.59 Å². The molecule has 9 nitrogen and oxygen atoms in total. The van der Waals surface area contributed by atoms with Gasteiger partial charge in [-0.1, -0.05) is 30.3 Å². The minimum atomic E-state index is -3.52. The second kappa shape index (κ2) is 9.42. The molecule has 4 aliphatic rings. The van der Waals surface area contributed by atoms with E-state index < -0.39 is 10.0 Å². The number of carbonyl (C=O) groups excluding carboxylic acids is 1. The van der Waals surface area contributed by atoms with E-state index in [4.69, 9.17) is 15.0 Å². The van der Waals surface area contributed by atoms with Crippen LogP contribution in [0.5, 0.6) is 0 Å². The minimum Gasteiger partial charge on any atom is -0.483 e. The number of amides is 1. The molecule has 30 heavy (non-hydrogen) atoms. The van der Waals surface area contributed by atoms with Crippen molar-refractivity contribution in [1.29, 1.82) is 0 Å². The Bertz CT molecular complexity index is 832. The van der Waals surface area contributed by atoms with Crippen LogP contribution < -0.4 is 10.5 Å². The molecule has 0 radical (unpaired) electrons. The molecule has 4 fully saturated rings. The molecule has 3 unspecified atom stereocenters. The summed E-state index contributed by atoms with van der Waals surface area (Å²) < 4.78 is 22.2. The van der Waals surface area contributed by atoms with Gasteiger partial charge in [-0.15, -0.1) is 0 Å². The van der Waals surface area contributed by atoms with E-state index in [0.717, 1.165) is 39.3 Å². The van der Waals surface area contributed by atoms with Crippen molar-refractivity contribution in [2.75, 3.05) is 45.0 Å². The molecule has 4 N–H and O–H groups in total. The van der Waals surface area contributed by atoms with E-state index in [-0.39, 0.29) is 42.4 Å². The maximum atomic E-state index is 12.6. The lowest BCUT2D eigenvalue weighted by Crippen LogP contribution is -2.70. The maximum Gasteiger partial charge on any atom is 0.290 e. The van der Waals surface area contributed by atoms with Gasteiger partial charge in [0.15, 0.2) is 0 Å². The molecule has 1 amide bonds. The Hall–Kier alpha value is -2.01. The minimum absolute atomic E-state index is 0.0740. The zero-order valence-corrected chi connectivity index (χ0v) is 17.8. The van der Waals surface area contributed by atoms with Crippen molar-refractivity contribution in [1.82, 2.24) is 15.1 Å². The molecule has 10 heteroatoms. The fourth-order valence-corrected chi connectivity index (χ4v) is 5.79. The number of rotatable bonds is 6. The molecule has 3 atom stereocenters. The number of sulfonamides is 1. The van der Waals surface area contributed by atoms with Crippen LogP contribution in [0, 0.1) is 5.92 Å². The van der Waals surface area contributed by atoms with Gasteiger partial charge in [0.25, 0.3) is 6.47 Å². The Labute approximate surface area is 177 Å². The van der Waals surface area contributed by atoms with Gasteiger partial charge in [-0.2, -0.15) is 0 Å². The molecule has 4 bridgehead atoms. The fourth-order valence-electron chi connectivity index (χ4n) is 5.25. The predicted octanol–water partition coefficient (Wildman–Crippen LogP) is -0.560. The molecule has 0 saturated carbocycles. The maximum absolute atomic E-state index is 12.6. The summed E-state index contributed by atoms with van der Waals surface area (Å²) in [6.07, 6.45) is 0.455. The predicted molar refractivity (Wildman–Crippen MR) is 112 cm³/mol. The van der Waals surface area contributed by atoms with Crippen molar-refractivity contribution in [2.45, 2.75) is 24.3 Å². The highest BCUT2D eigenvalue weighted by atomic mass is 32.2. The van der Waals surface area contributed by atoms with Gasteiger partial charge in [-0.05, 0) is 12.0 Å². The number of nitrogens with two attached hydrogens (primary N) is 1. The van der Waals surface area contributed by atoms with Crippen LogP contribution in [0.2, 0.25) is 0 Å². The summed E-state index contributed by atoms with van der Waals surface area (Å²) in [6.45, 7) is 5.83. The molecule has 1 aromatic rings. The molecule has 4 aliphatic heterocycles. The Morgan fingerprint density at radius 3 is 2.30 bits per heavy atom. The average Bonchev–Trinajstić information content (AvgIpc) is 2.93. The number of carboxylic acid groups (broad SMARTS) is 1. The van der Waals surface area contributed by atoms with Gasteiger partial charge >= 0.3 is 0 Å². The van der Waals surface area contributed by atoms with Gasteiger partial charge in [0.05, 0.1) is 5.75 Å². The third kappa shape index (κ3) is 5.18. The number of piperidine rings is 2. The van der Waals surface area contributed by atoms with Crippen molar-refractivity contribution >= 4 is 22.4 Å². The lowest BCUT2D eigenvalue weighted by atomic mass is 9.64. The SMILES string of the molecule is NS(=O)(=O)CCCC(=O)NC1C2CN3CCN(C2)CC1(c1ccccc1)C3.O=CO. The van der Waals surface area contributed by atoms with Crippen molar-refractivity contribution in [3.8, 4) is 0 Å². The summed E-state index contributed by atoms with van der Waals surface area (Å²) in [7, 11) is -3.52. The molecule has 5 rings (SSSR count). The van der Waals surface area contributed by atoms with Crippen LogP contribution in [-0.2, 0) is 25.0 Å². The highest BCUT2D eigenvalue weighted by Crippen LogP contribution is 2.43. The van der Waals surface area contributed by atoms with Crippen molar-refractivity contribution in [3.05, 3.63) is 35.9 Å². The van der Waals surface area contributed by atoms with Crippen molar-refractivity contribution in [3.63, 3.8) is 0 Å². The summed E-state index contributed by atoms with van der Waals surface area (Å²) in [5.74, 6) is 0.160. The normalized spacial score (nSPS) is 31.9. The molecular weight excluding hydrogens is 408 g/mol. The van der Waals surface area contributed by atoms with Gasteiger partial charge in [0.2, 0.25) is 15.9 Å². The van der Waals surface area contributed by atoms with Gasteiger partial charge < -0.3 is 20.2 Å². The smallest absolute Gasteiger partial charge is 0.290 e. The molecule has 4 saturated heterocycles. The largest absolute Gasteiger partial charge is 0.483 e. The lowest BCUT2D eigenvalue weighted by Gasteiger charge is -2.55. The van der Waals surface area contributed by atoms with Gasteiger partial charge in [0, 0.05) is 63.1 Å². The first-order valence-corrected chi connectivity index (χ1v) is 11.9. The van der Waals surface area contributed by atoms with Crippen LogP contribution in [0.4, 0.5) is 0 Å². The van der Waals surface area contributed by atoms with Gasteiger partial charge in [0.1, 0.15) is 0 Å². The molecular formula is C20H30N4O5S. The van der Waals surface area contributed by atoms with Crippen LogP contribution >= 0.6 is 0 Å². The zero-order chi connectivity index (χ0) is 21.8. The van der Waals surface area contributed by atoms with Gasteiger partial charge in [-0.25, -0.2) is 13.6 Å². The summed E-state index contributed by atoms with van der Waals surface area (Å²) in [5, 5.41) is 15.2. The van der Waals surface area contributed by atoms with Crippen molar-refractivity contribution < 1.29 is 23.1 Å². The number of nitrogens with zero attached hydrogens (tertiary/aromatic N) is 2. The van der Waals surface area contributed by atoms with E-state index in [1.165, 1.54) is 5.56 Å². The standard InChI is InChI=1S/C19H28N4O3S.CH2O2/c20-27(25,26)10-4-7-17(24)21-18-15-11-22-8-9-23(12-15)14-19(18,13-22)16-5-2-1-3-6-16;2-1-3/h1-3,5-6,15,18H,4,7-14H2,(H,21,24)(H2,20,25,26);1H,(H,2,3). The number of nitrogens with one attached hydrogen (secondary N) is 1.